The van der Waals surface area contributed by atoms with Crippen molar-refractivity contribution in [3.05, 3.63) is 35.6 Å². The molecule has 3 heteroatoms. The van der Waals surface area contributed by atoms with Crippen LogP contribution in [0, 0.1) is 11.7 Å². The molecule has 0 atom stereocenters. The van der Waals surface area contributed by atoms with E-state index >= 15 is 0 Å². The maximum Gasteiger partial charge on any atom is 0.123 e. The third-order valence-electron chi connectivity index (χ3n) is 4.06. The van der Waals surface area contributed by atoms with Crippen molar-refractivity contribution in [1.29, 1.82) is 0 Å². The maximum atomic E-state index is 12.9. The Labute approximate surface area is 122 Å². The van der Waals surface area contributed by atoms with Crippen LogP contribution in [-0.2, 0) is 6.54 Å². The summed E-state index contributed by atoms with van der Waals surface area (Å²) in [5.41, 5.74) is 1.21. The monoisotopic (exact) mass is 278 g/mol. The van der Waals surface area contributed by atoms with E-state index in [4.69, 9.17) is 0 Å². The van der Waals surface area contributed by atoms with E-state index in [2.05, 4.69) is 24.1 Å². The second-order valence-corrected chi connectivity index (χ2v) is 6.31. The second-order valence-electron chi connectivity index (χ2n) is 6.31. The van der Waals surface area contributed by atoms with Gasteiger partial charge in [-0.25, -0.2) is 4.39 Å². The van der Waals surface area contributed by atoms with E-state index in [1.54, 1.807) is 12.1 Å². The topological polar surface area (TPSA) is 15.3 Å². The van der Waals surface area contributed by atoms with Crippen molar-refractivity contribution < 1.29 is 4.39 Å². The van der Waals surface area contributed by atoms with Crippen LogP contribution >= 0.6 is 0 Å². The average molecular weight is 278 g/mol. The molecule has 0 radical (unpaired) electrons. The zero-order chi connectivity index (χ0) is 14.4. The molecule has 0 unspecified atom stereocenters. The fourth-order valence-corrected chi connectivity index (χ4v) is 2.72. The summed E-state index contributed by atoms with van der Waals surface area (Å²) >= 11 is 0. The Balaban J connectivity index is 1.67. The number of hydrogen-bond donors (Lipinski definition) is 1. The van der Waals surface area contributed by atoms with Gasteiger partial charge in [0.05, 0.1) is 0 Å². The molecule has 2 rings (SSSR count). The molecule has 0 aliphatic carbocycles. The first kappa shape index (κ1) is 15.5. The molecule has 1 heterocycles. The van der Waals surface area contributed by atoms with Gasteiger partial charge in [-0.1, -0.05) is 26.0 Å². The lowest BCUT2D eigenvalue weighted by atomic mass is 10.0. The van der Waals surface area contributed by atoms with E-state index in [1.165, 1.54) is 24.8 Å². The molecule has 2 nitrogen and oxygen atoms in total. The van der Waals surface area contributed by atoms with Gasteiger partial charge < -0.3 is 5.32 Å². The van der Waals surface area contributed by atoms with Gasteiger partial charge >= 0.3 is 0 Å². The smallest absolute Gasteiger partial charge is 0.123 e. The van der Waals surface area contributed by atoms with E-state index in [9.17, 15) is 4.39 Å². The zero-order valence-electron chi connectivity index (χ0n) is 12.7. The quantitative estimate of drug-likeness (QED) is 0.857. The van der Waals surface area contributed by atoms with Gasteiger partial charge in [0.1, 0.15) is 5.82 Å². The van der Waals surface area contributed by atoms with Crippen LogP contribution in [0.4, 0.5) is 4.39 Å². The molecule has 0 saturated carbocycles. The Morgan fingerprint density at radius 2 is 1.85 bits per heavy atom. The summed E-state index contributed by atoms with van der Waals surface area (Å²) in [5, 5.41) is 3.67. The van der Waals surface area contributed by atoms with Crippen LogP contribution in [0.2, 0.25) is 0 Å². The number of piperidine rings is 1. The van der Waals surface area contributed by atoms with E-state index in [0.717, 1.165) is 32.1 Å². The fraction of sp³-hybridized carbons (Fsp3) is 0.647. The summed E-state index contributed by atoms with van der Waals surface area (Å²) in [5.74, 6) is 0.628. The molecule has 1 aromatic rings. The highest BCUT2D eigenvalue weighted by Crippen LogP contribution is 2.14. The minimum atomic E-state index is -0.151. The van der Waals surface area contributed by atoms with Crippen molar-refractivity contribution in [1.82, 2.24) is 10.2 Å². The Morgan fingerprint density at radius 1 is 1.20 bits per heavy atom. The fourth-order valence-electron chi connectivity index (χ4n) is 2.72. The van der Waals surface area contributed by atoms with Crippen LogP contribution in [0.25, 0.3) is 0 Å². The predicted octanol–water partition coefficient (Wildman–Crippen LogP) is 3.43. The first-order chi connectivity index (χ1) is 9.63. The summed E-state index contributed by atoms with van der Waals surface area (Å²) in [6, 6.07) is 7.56. The minimum Gasteiger partial charge on any atom is -0.314 e. The number of rotatable bonds is 6. The largest absolute Gasteiger partial charge is 0.314 e. The molecule has 1 aliphatic heterocycles. The van der Waals surface area contributed by atoms with Gasteiger partial charge in [-0.15, -0.1) is 0 Å². The zero-order valence-corrected chi connectivity index (χ0v) is 12.7. The third-order valence-corrected chi connectivity index (χ3v) is 4.06. The average Bonchev–Trinajstić information content (AvgIpc) is 2.43. The highest BCUT2D eigenvalue weighted by molar-refractivity contribution is 5.15. The lowest BCUT2D eigenvalue weighted by Gasteiger charge is -2.32. The molecule has 112 valence electrons. The second kappa shape index (κ2) is 7.75. The standard InChI is InChI=1S/C17H27FN2/c1-14(2)7-10-19-17-8-11-20(12-9-17)13-15-3-5-16(18)6-4-15/h3-6,14,17,19H,7-13H2,1-2H3. The van der Waals surface area contributed by atoms with Crippen LogP contribution < -0.4 is 5.32 Å². The van der Waals surface area contributed by atoms with Crippen LogP contribution in [0.15, 0.2) is 24.3 Å². The van der Waals surface area contributed by atoms with Gasteiger partial charge in [-0.2, -0.15) is 0 Å². The molecular formula is C17H27FN2. The Bertz CT molecular complexity index is 380. The van der Waals surface area contributed by atoms with Crippen molar-refractivity contribution >= 4 is 0 Å². The van der Waals surface area contributed by atoms with E-state index in [0.29, 0.717) is 6.04 Å². The number of nitrogens with one attached hydrogen (secondary N) is 1. The molecule has 0 bridgehead atoms. The Hall–Kier alpha value is -0.930. The third kappa shape index (κ3) is 5.22. The first-order valence-electron chi connectivity index (χ1n) is 7.83. The first-order valence-corrected chi connectivity index (χ1v) is 7.83. The van der Waals surface area contributed by atoms with Gasteiger partial charge in [-0.3, -0.25) is 4.90 Å². The van der Waals surface area contributed by atoms with Crippen molar-refractivity contribution in [3.8, 4) is 0 Å². The van der Waals surface area contributed by atoms with Gasteiger partial charge in [0.2, 0.25) is 0 Å². The lowest BCUT2D eigenvalue weighted by molar-refractivity contribution is 0.190. The highest BCUT2D eigenvalue weighted by atomic mass is 19.1. The number of halogens is 1. The highest BCUT2D eigenvalue weighted by Gasteiger charge is 2.18. The van der Waals surface area contributed by atoms with Gasteiger partial charge in [-0.05, 0) is 62.5 Å². The predicted molar refractivity (Wildman–Crippen MR) is 82.2 cm³/mol. The van der Waals surface area contributed by atoms with E-state index in [-0.39, 0.29) is 5.82 Å². The van der Waals surface area contributed by atoms with Crippen molar-refractivity contribution in [2.24, 2.45) is 5.92 Å². The van der Waals surface area contributed by atoms with Crippen molar-refractivity contribution in [2.75, 3.05) is 19.6 Å². The minimum absolute atomic E-state index is 0.151. The Morgan fingerprint density at radius 3 is 2.45 bits per heavy atom. The van der Waals surface area contributed by atoms with Crippen LogP contribution in [0.3, 0.4) is 0 Å². The molecule has 1 N–H and O–H groups in total. The summed E-state index contributed by atoms with van der Waals surface area (Å²) in [7, 11) is 0. The molecule has 1 aliphatic rings. The van der Waals surface area contributed by atoms with E-state index in [1.807, 2.05) is 12.1 Å². The molecule has 0 spiro atoms. The van der Waals surface area contributed by atoms with Crippen molar-refractivity contribution in [2.45, 2.75) is 45.7 Å². The normalized spacial score (nSPS) is 17.8. The van der Waals surface area contributed by atoms with Crippen LogP contribution in [-0.4, -0.2) is 30.6 Å². The summed E-state index contributed by atoms with van der Waals surface area (Å²) in [6.07, 6.45) is 3.70. The molecule has 1 aromatic carbocycles. The summed E-state index contributed by atoms with van der Waals surface area (Å²) in [4.78, 5) is 2.47. The number of benzene rings is 1. The van der Waals surface area contributed by atoms with Crippen LogP contribution in [0.5, 0.6) is 0 Å². The number of hydrogen-bond acceptors (Lipinski definition) is 2. The lowest BCUT2D eigenvalue weighted by Crippen LogP contribution is -2.42. The molecule has 20 heavy (non-hydrogen) atoms. The summed E-state index contributed by atoms with van der Waals surface area (Å²) in [6.45, 7) is 8.90. The van der Waals surface area contributed by atoms with Crippen LogP contribution in [0.1, 0.15) is 38.7 Å². The molecule has 0 aromatic heterocycles. The van der Waals surface area contributed by atoms with Gasteiger partial charge in [0, 0.05) is 12.6 Å². The van der Waals surface area contributed by atoms with Gasteiger partial charge in [0.15, 0.2) is 0 Å². The number of likely N-dealkylation sites (tertiary alicyclic amines) is 1. The molecule has 0 amide bonds. The van der Waals surface area contributed by atoms with Gasteiger partial charge in [0.25, 0.3) is 0 Å². The van der Waals surface area contributed by atoms with E-state index < -0.39 is 0 Å². The number of nitrogens with zero attached hydrogens (tertiary/aromatic N) is 1. The molecule has 1 saturated heterocycles. The molecular weight excluding hydrogens is 251 g/mol. The Kier molecular flexibility index (Phi) is 5.99. The summed E-state index contributed by atoms with van der Waals surface area (Å²) < 4.78 is 12.9. The van der Waals surface area contributed by atoms with Crippen molar-refractivity contribution in [3.63, 3.8) is 0 Å². The SMILES string of the molecule is CC(C)CCNC1CCN(Cc2ccc(F)cc2)CC1. The molecule has 1 fully saturated rings. The maximum absolute atomic E-state index is 12.9.